The first-order valence-corrected chi connectivity index (χ1v) is 1.87. The maximum atomic E-state index is 10.5. The molecule has 0 saturated heterocycles. The Morgan fingerprint density at radius 2 is 2.14 bits per heavy atom. The summed E-state index contributed by atoms with van der Waals surface area (Å²) in [4.78, 5) is 20.7. The number of carbonyl (C=O) groups excluding carboxylic acids is 2. The lowest BCUT2D eigenvalue weighted by molar-refractivity contribution is -0.124. The highest BCUT2D eigenvalue weighted by molar-refractivity contribution is 5.96. The highest BCUT2D eigenvalue weighted by Gasteiger charge is 1.94. The summed E-state index contributed by atoms with van der Waals surface area (Å²) in [6, 6.07) is 0. The molecule has 2 heteroatoms. The molecule has 40 valence electrons. The summed E-state index contributed by atoms with van der Waals surface area (Å²) in [5.74, 6) is -1.40. The predicted molar refractivity (Wildman–Crippen MR) is 26.0 cm³/mol. The van der Waals surface area contributed by atoms with Crippen LogP contribution in [-0.4, -0.2) is 11.6 Å². The van der Waals surface area contributed by atoms with Crippen LogP contribution in [0.2, 0.25) is 0 Å². The second-order valence-electron chi connectivity index (χ2n) is 1.30. The number of carbonyl (C=O) groups is 2. The van der Waals surface area contributed by atoms with E-state index in [1.54, 1.807) is 0 Å². The smallest absolute Gasteiger partial charge is 0.137 e. The molecule has 0 spiro atoms. The molecular formula is C5H8O2. The standard InChI is InChI=1S/C5H8O2/c1-4(6)3-5(2)7/h3H2,1-2H3/i1D3. The summed E-state index contributed by atoms with van der Waals surface area (Å²) in [6.07, 6.45) is -0.490. The normalized spacial score (nSPS) is 16.4. The molecule has 0 N–H and O–H groups in total. The van der Waals surface area contributed by atoms with E-state index in [1.165, 1.54) is 6.92 Å². The van der Waals surface area contributed by atoms with E-state index in [1.807, 2.05) is 0 Å². The number of Topliss-reactive ketones (excluding diaryl/α,β-unsaturated/α-hetero) is 2. The molecule has 0 rings (SSSR count). The van der Waals surface area contributed by atoms with Crippen LogP contribution in [0.5, 0.6) is 0 Å². The van der Waals surface area contributed by atoms with Gasteiger partial charge in [-0.05, 0) is 13.8 Å². The lowest BCUT2D eigenvalue weighted by Crippen LogP contribution is -1.97. The van der Waals surface area contributed by atoms with Crippen molar-refractivity contribution in [2.75, 3.05) is 0 Å². The molecule has 7 heavy (non-hydrogen) atoms. The molecule has 0 fully saturated rings. The van der Waals surface area contributed by atoms with E-state index in [-0.39, 0.29) is 0 Å². The molecule has 0 aliphatic rings. The average molecular weight is 103 g/mol. The van der Waals surface area contributed by atoms with Crippen molar-refractivity contribution in [3.05, 3.63) is 0 Å². The molecule has 0 aromatic carbocycles. The Balaban J connectivity index is 3.99. The van der Waals surface area contributed by atoms with Gasteiger partial charge in [0.15, 0.2) is 0 Å². The van der Waals surface area contributed by atoms with Gasteiger partial charge >= 0.3 is 0 Å². The minimum absolute atomic E-state index is 0.416. The monoisotopic (exact) mass is 103 g/mol. The summed E-state index contributed by atoms with van der Waals surface area (Å²) in [6.45, 7) is -1.44. The van der Waals surface area contributed by atoms with Gasteiger partial charge in [0, 0.05) is 4.11 Å². The Morgan fingerprint density at radius 1 is 1.57 bits per heavy atom. The van der Waals surface area contributed by atoms with Gasteiger partial charge in [0.25, 0.3) is 0 Å². The molecule has 0 atom stereocenters. The van der Waals surface area contributed by atoms with Crippen molar-refractivity contribution >= 4 is 11.6 Å². The molecule has 0 aliphatic heterocycles. The van der Waals surface area contributed by atoms with E-state index in [0.29, 0.717) is 0 Å². The van der Waals surface area contributed by atoms with Crippen LogP contribution in [0.4, 0.5) is 0 Å². The fourth-order valence-electron chi connectivity index (χ4n) is 0.226. The summed E-state index contributed by atoms with van der Waals surface area (Å²) in [5, 5.41) is 0. The zero-order valence-corrected chi connectivity index (χ0v) is 4.02. The number of hydrogen-bond donors (Lipinski definition) is 0. The molecule has 2 nitrogen and oxygen atoms in total. The van der Waals surface area contributed by atoms with Gasteiger partial charge in [-0.3, -0.25) is 9.59 Å². The fourth-order valence-corrected chi connectivity index (χ4v) is 0.226. The van der Waals surface area contributed by atoms with Gasteiger partial charge in [0.05, 0.1) is 6.42 Å². The zero-order chi connectivity index (χ0) is 8.36. The van der Waals surface area contributed by atoms with Gasteiger partial charge in [-0.1, -0.05) is 0 Å². The third-order valence-corrected chi connectivity index (χ3v) is 0.410. The molecule has 0 unspecified atom stereocenters. The Morgan fingerprint density at radius 3 is 2.29 bits per heavy atom. The van der Waals surface area contributed by atoms with E-state index in [9.17, 15) is 9.59 Å². The number of ketones is 2. The Bertz CT molecular complexity index is 159. The zero-order valence-electron chi connectivity index (χ0n) is 7.02. The molecule has 0 radical (unpaired) electrons. The van der Waals surface area contributed by atoms with Crippen molar-refractivity contribution in [2.24, 2.45) is 0 Å². The van der Waals surface area contributed by atoms with E-state index in [4.69, 9.17) is 4.11 Å². The van der Waals surface area contributed by atoms with E-state index in [2.05, 4.69) is 0 Å². The van der Waals surface area contributed by atoms with Crippen LogP contribution in [0.25, 0.3) is 0 Å². The van der Waals surface area contributed by atoms with Crippen LogP contribution >= 0.6 is 0 Å². The highest BCUT2D eigenvalue weighted by atomic mass is 16.1. The molecule has 0 amide bonds. The second kappa shape index (κ2) is 2.50. The first-order chi connectivity index (χ1) is 4.34. The van der Waals surface area contributed by atoms with Crippen molar-refractivity contribution in [3.63, 3.8) is 0 Å². The van der Waals surface area contributed by atoms with Crippen LogP contribution in [0.15, 0.2) is 0 Å². The lowest BCUT2D eigenvalue weighted by atomic mass is 10.2. The van der Waals surface area contributed by atoms with Gasteiger partial charge in [-0.25, -0.2) is 0 Å². The van der Waals surface area contributed by atoms with Crippen molar-refractivity contribution in [2.45, 2.75) is 20.2 Å². The Labute approximate surface area is 46.7 Å². The van der Waals surface area contributed by atoms with Crippen molar-refractivity contribution in [3.8, 4) is 0 Å². The highest BCUT2D eigenvalue weighted by Crippen LogP contribution is 1.80. The van der Waals surface area contributed by atoms with Crippen LogP contribution in [0.3, 0.4) is 0 Å². The lowest BCUT2D eigenvalue weighted by Gasteiger charge is -1.81. The maximum Gasteiger partial charge on any atom is 0.137 e. The Kier molecular flexibility index (Phi) is 0.929. The number of rotatable bonds is 2. The molecular weight excluding hydrogens is 92.1 g/mol. The molecule has 0 aliphatic carbocycles. The summed E-state index contributed by atoms with van der Waals surface area (Å²) < 4.78 is 19.7. The van der Waals surface area contributed by atoms with Crippen LogP contribution in [0, 0.1) is 0 Å². The molecule has 0 heterocycles. The third kappa shape index (κ3) is 5.34. The third-order valence-electron chi connectivity index (χ3n) is 0.410. The van der Waals surface area contributed by atoms with Gasteiger partial charge in [0.1, 0.15) is 11.6 Å². The fraction of sp³-hybridized carbons (Fsp3) is 0.600. The maximum absolute atomic E-state index is 10.5. The minimum atomic E-state index is -2.62. The van der Waals surface area contributed by atoms with Gasteiger partial charge in [-0.15, -0.1) is 0 Å². The minimum Gasteiger partial charge on any atom is -0.300 e. The van der Waals surface area contributed by atoms with Crippen LogP contribution < -0.4 is 0 Å². The van der Waals surface area contributed by atoms with Crippen molar-refractivity contribution in [1.29, 1.82) is 0 Å². The molecule has 0 bridgehead atoms. The van der Waals surface area contributed by atoms with E-state index < -0.39 is 24.8 Å². The van der Waals surface area contributed by atoms with Crippen molar-refractivity contribution in [1.82, 2.24) is 0 Å². The molecule has 0 saturated carbocycles. The predicted octanol–water partition coefficient (Wildman–Crippen LogP) is 0.554. The second-order valence-corrected chi connectivity index (χ2v) is 1.30. The summed E-state index contributed by atoms with van der Waals surface area (Å²) in [7, 11) is 0. The van der Waals surface area contributed by atoms with Gasteiger partial charge in [-0.2, -0.15) is 0 Å². The molecule has 0 aromatic rings. The topological polar surface area (TPSA) is 34.1 Å². The average Bonchev–Trinajstić information content (AvgIpc) is 1.60. The quantitative estimate of drug-likeness (QED) is 0.478. The van der Waals surface area contributed by atoms with Gasteiger partial charge in [0.2, 0.25) is 0 Å². The van der Waals surface area contributed by atoms with E-state index in [0.717, 1.165) is 0 Å². The van der Waals surface area contributed by atoms with Gasteiger partial charge < -0.3 is 0 Å². The van der Waals surface area contributed by atoms with Crippen molar-refractivity contribution < 1.29 is 13.7 Å². The summed E-state index contributed by atoms with van der Waals surface area (Å²) in [5.41, 5.74) is 0. The summed E-state index contributed by atoms with van der Waals surface area (Å²) >= 11 is 0. The number of hydrogen-bond acceptors (Lipinski definition) is 2. The first-order valence-electron chi connectivity index (χ1n) is 3.37. The van der Waals surface area contributed by atoms with Crippen LogP contribution in [-0.2, 0) is 9.59 Å². The van der Waals surface area contributed by atoms with Crippen LogP contribution in [0.1, 0.15) is 24.3 Å². The van der Waals surface area contributed by atoms with E-state index >= 15 is 0 Å². The first kappa shape index (κ1) is 2.60. The molecule has 0 aromatic heterocycles. The largest absolute Gasteiger partial charge is 0.300 e. The SMILES string of the molecule is [2H]C([2H])([2H])C(=O)CC(C)=O. The Hall–Kier alpha value is -0.660.